The Bertz CT molecular complexity index is 887. The van der Waals surface area contributed by atoms with Gasteiger partial charge in [-0.2, -0.15) is 0 Å². The monoisotopic (exact) mass is 395 g/mol. The third-order valence-corrected chi connectivity index (χ3v) is 5.19. The van der Waals surface area contributed by atoms with Crippen LogP contribution in [0.5, 0.6) is 11.5 Å². The Morgan fingerprint density at radius 1 is 1.03 bits per heavy atom. The van der Waals surface area contributed by atoms with Gasteiger partial charge in [0.1, 0.15) is 11.5 Å². The summed E-state index contributed by atoms with van der Waals surface area (Å²) < 4.78 is 10.6. The number of hydrogen-bond acceptors (Lipinski definition) is 5. The average molecular weight is 396 g/mol. The molecule has 1 saturated heterocycles. The van der Waals surface area contributed by atoms with Crippen LogP contribution < -0.4 is 19.7 Å². The number of anilines is 2. The molecule has 1 heterocycles. The van der Waals surface area contributed by atoms with Gasteiger partial charge in [-0.1, -0.05) is 0 Å². The molecule has 154 valence electrons. The number of aryl methyl sites for hydroxylation is 1. The summed E-state index contributed by atoms with van der Waals surface area (Å²) in [5, 5.41) is 2.96. The maximum absolute atomic E-state index is 12.4. The summed E-state index contributed by atoms with van der Waals surface area (Å²) in [4.78, 5) is 17.1. The predicted molar refractivity (Wildman–Crippen MR) is 118 cm³/mol. The van der Waals surface area contributed by atoms with Crippen LogP contribution in [-0.4, -0.2) is 58.3 Å². The molecule has 2 aromatic rings. The maximum Gasteiger partial charge on any atom is 0.248 e. The van der Waals surface area contributed by atoms with Crippen molar-refractivity contribution in [2.24, 2.45) is 0 Å². The van der Waals surface area contributed by atoms with Crippen molar-refractivity contribution in [1.82, 2.24) is 4.90 Å². The quantitative estimate of drug-likeness (QED) is 0.760. The van der Waals surface area contributed by atoms with Crippen LogP contribution in [0.4, 0.5) is 11.4 Å². The summed E-state index contributed by atoms with van der Waals surface area (Å²) in [7, 11) is 5.36. The molecule has 0 aliphatic carbocycles. The fraction of sp³-hybridized carbons (Fsp3) is 0.348. The number of likely N-dealkylation sites (N-methyl/N-ethyl adjacent to an activating group) is 1. The molecule has 3 rings (SSSR count). The molecule has 0 saturated carbocycles. The number of nitrogens with zero attached hydrogens (tertiary/aromatic N) is 2. The van der Waals surface area contributed by atoms with E-state index in [1.165, 1.54) is 11.8 Å². The molecule has 6 nitrogen and oxygen atoms in total. The fourth-order valence-corrected chi connectivity index (χ4v) is 3.36. The zero-order chi connectivity index (χ0) is 20.8. The first kappa shape index (κ1) is 20.7. The van der Waals surface area contributed by atoms with Crippen LogP contribution in [0, 0.1) is 6.92 Å². The molecule has 1 aliphatic rings. The van der Waals surface area contributed by atoms with E-state index in [0.717, 1.165) is 43.0 Å². The number of piperazine rings is 1. The number of hydrogen-bond donors (Lipinski definition) is 1. The van der Waals surface area contributed by atoms with E-state index in [1.54, 1.807) is 20.3 Å². The molecule has 1 N–H and O–H groups in total. The van der Waals surface area contributed by atoms with Gasteiger partial charge < -0.3 is 24.6 Å². The minimum Gasteiger partial charge on any atom is -0.497 e. The molecule has 1 amide bonds. The van der Waals surface area contributed by atoms with E-state index in [-0.39, 0.29) is 5.91 Å². The molecule has 1 fully saturated rings. The topological polar surface area (TPSA) is 54.0 Å². The van der Waals surface area contributed by atoms with Crippen molar-refractivity contribution < 1.29 is 14.3 Å². The zero-order valence-electron chi connectivity index (χ0n) is 17.6. The van der Waals surface area contributed by atoms with Gasteiger partial charge in [-0.05, 0) is 62.0 Å². The lowest BCUT2D eigenvalue weighted by atomic mass is 10.1. The second kappa shape index (κ2) is 9.47. The minimum atomic E-state index is -0.190. The predicted octanol–water partition coefficient (Wildman–Crippen LogP) is 3.42. The Hall–Kier alpha value is -2.99. The lowest BCUT2D eigenvalue weighted by Crippen LogP contribution is -2.44. The molecule has 0 spiro atoms. The smallest absolute Gasteiger partial charge is 0.248 e. The van der Waals surface area contributed by atoms with E-state index in [2.05, 4.69) is 34.3 Å². The highest BCUT2D eigenvalue weighted by Gasteiger charge is 2.15. The van der Waals surface area contributed by atoms with Crippen molar-refractivity contribution in [2.75, 3.05) is 57.7 Å². The highest BCUT2D eigenvalue weighted by atomic mass is 16.5. The standard InChI is InChI=1S/C23H29N3O3/c1-17-15-19(26-13-11-25(2)12-14-26)6-8-21(17)24-23(27)10-5-18-16-20(28-3)7-9-22(18)29-4/h5-10,15-16H,11-14H2,1-4H3,(H,24,27)/b10-5+. The number of methoxy groups -OCH3 is 2. The van der Waals surface area contributed by atoms with Gasteiger partial charge >= 0.3 is 0 Å². The first-order valence-electron chi connectivity index (χ1n) is 9.75. The van der Waals surface area contributed by atoms with Crippen molar-refractivity contribution in [1.29, 1.82) is 0 Å². The number of rotatable bonds is 6. The Balaban J connectivity index is 1.67. The van der Waals surface area contributed by atoms with E-state index in [0.29, 0.717) is 11.5 Å². The molecule has 0 atom stereocenters. The van der Waals surface area contributed by atoms with Gasteiger partial charge in [0.15, 0.2) is 0 Å². The van der Waals surface area contributed by atoms with Crippen molar-refractivity contribution in [3.63, 3.8) is 0 Å². The lowest BCUT2D eigenvalue weighted by Gasteiger charge is -2.34. The van der Waals surface area contributed by atoms with Gasteiger partial charge in [0.25, 0.3) is 0 Å². The third kappa shape index (κ3) is 5.29. The van der Waals surface area contributed by atoms with Gasteiger partial charge in [-0.25, -0.2) is 0 Å². The largest absolute Gasteiger partial charge is 0.497 e. The van der Waals surface area contributed by atoms with Crippen LogP contribution in [0.25, 0.3) is 6.08 Å². The zero-order valence-corrected chi connectivity index (χ0v) is 17.6. The highest BCUT2D eigenvalue weighted by Crippen LogP contribution is 2.26. The van der Waals surface area contributed by atoms with Gasteiger partial charge in [0.2, 0.25) is 5.91 Å². The molecule has 2 aromatic carbocycles. The molecule has 0 bridgehead atoms. The molecule has 29 heavy (non-hydrogen) atoms. The van der Waals surface area contributed by atoms with E-state index < -0.39 is 0 Å². The highest BCUT2D eigenvalue weighted by molar-refractivity contribution is 6.02. The molecule has 6 heteroatoms. The maximum atomic E-state index is 12.4. The second-order valence-electron chi connectivity index (χ2n) is 7.22. The van der Waals surface area contributed by atoms with Crippen LogP contribution in [0.15, 0.2) is 42.5 Å². The Kier molecular flexibility index (Phi) is 6.77. The molecular weight excluding hydrogens is 366 g/mol. The lowest BCUT2D eigenvalue weighted by molar-refractivity contribution is -0.111. The van der Waals surface area contributed by atoms with Crippen molar-refractivity contribution in [3.8, 4) is 11.5 Å². The number of carbonyl (C=O) groups is 1. The number of amides is 1. The summed E-state index contributed by atoms with van der Waals surface area (Å²) in [6, 6.07) is 11.7. The van der Waals surface area contributed by atoms with Crippen LogP contribution in [0.3, 0.4) is 0 Å². The van der Waals surface area contributed by atoms with E-state index in [1.807, 2.05) is 31.2 Å². The summed E-state index contributed by atoms with van der Waals surface area (Å²) in [5.41, 5.74) is 3.84. The summed E-state index contributed by atoms with van der Waals surface area (Å²) >= 11 is 0. The van der Waals surface area contributed by atoms with Gasteiger partial charge in [-0.3, -0.25) is 4.79 Å². The van der Waals surface area contributed by atoms with Crippen molar-refractivity contribution in [3.05, 3.63) is 53.6 Å². The second-order valence-corrected chi connectivity index (χ2v) is 7.22. The normalized spacial score (nSPS) is 14.8. The summed E-state index contributed by atoms with van der Waals surface area (Å²) in [5.74, 6) is 1.20. The first-order chi connectivity index (χ1) is 14.0. The van der Waals surface area contributed by atoms with Crippen molar-refractivity contribution >= 4 is 23.4 Å². The van der Waals surface area contributed by atoms with Crippen LogP contribution >= 0.6 is 0 Å². The van der Waals surface area contributed by atoms with Gasteiger partial charge in [0, 0.05) is 49.2 Å². The van der Waals surface area contributed by atoms with Crippen LogP contribution in [-0.2, 0) is 4.79 Å². The third-order valence-electron chi connectivity index (χ3n) is 5.19. The number of nitrogens with one attached hydrogen (secondary N) is 1. The summed E-state index contributed by atoms with van der Waals surface area (Å²) in [6.45, 7) is 6.19. The minimum absolute atomic E-state index is 0.190. The Morgan fingerprint density at radius 3 is 2.45 bits per heavy atom. The Morgan fingerprint density at radius 2 is 1.79 bits per heavy atom. The van der Waals surface area contributed by atoms with Crippen LogP contribution in [0.1, 0.15) is 11.1 Å². The van der Waals surface area contributed by atoms with E-state index in [4.69, 9.17) is 9.47 Å². The molecule has 0 radical (unpaired) electrons. The SMILES string of the molecule is COc1ccc(OC)c(/C=C/C(=O)Nc2ccc(N3CCN(C)CC3)cc2C)c1. The summed E-state index contributed by atoms with van der Waals surface area (Å²) in [6.07, 6.45) is 3.23. The first-order valence-corrected chi connectivity index (χ1v) is 9.75. The van der Waals surface area contributed by atoms with Gasteiger partial charge in [0.05, 0.1) is 14.2 Å². The number of carbonyl (C=O) groups excluding carboxylic acids is 1. The molecule has 0 aromatic heterocycles. The molecular formula is C23H29N3O3. The Labute approximate surface area is 172 Å². The van der Waals surface area contributed by atoms with E-state index >= 15 is 0 Å². The number of benzene rings is 2. The van der Waals surface area contributed by atoms with Crippen molar-refractivity contribution in [2.45, 2.75) is 6.92 Å². The average Bonchev–Trinajstić information content (AvgIpc) is 2.74. The molecule has 1 aliphatic heterocycles. The fourth-order valence-electron chi connectivity index (χ4n) is 3.36. The van der Waals surface area contributed by atoms with Gasteiger partial charge in [-0.15, -0.1) is 0 Å². The number of ether oxygens (including phenoxy) is 2. The van der Waals surface area contributed by atoms with E-state index in [9.17, 15) is 4.79 Å². The molecule has 0 unspecified atom stereocenters. The van der Waals surface area contributed by atoms with Crippen LogP contribution in [0.2, 0.25) is 0 Å².